The summed E-state index contributed by atoms with van der Waals surface area (Å²) in [5, 5.41) is 1.11. The molecule has 0 atom stereocenters. The quantitative estimate of drug-likeness (QED) is 0.919. The van der Waals surface area contributed by atoms with E-state index in [1.807, 2.05) is 40.3 Å². The van der Waals surface area contributed by atoms with Gasteiger partial charge in [-0.15, -0.1) is 0 Å². The zero-order chi connectivity index (χ0) is 15.5. The fraction of sp³-hybridized carbons (Fsp3) is 0.412. The Hall–Kier alpha value is -2.30. The summed E-state index contributed by atoms with van der Waals surface area (Å²) in [7, 11) is 0. The third kappa shape index (κ3) is 2.98. The van der Waals surface area contributed by atoms with Crippen LogP contribution in [0, 0.1) is 0 Å². The molecule has 116 valence electrons. The van der Waals surface area contributed by atoms with Crippen molar-refractivity contribution >= 4 is 22.7 Å². The monoisotopic (exact) mass is 299 g/mol. The lowest BCUT2D eigenvalue weighted by Gasteiger charge is -2.21. The van der Waals surface area contributed by atoms with Crippen LogP contribution in [-0.4, -0.2) is 52.8 Å². The molecule has 0 bridgehead atoms. The molecule has 1 fully saturated rings. The Bertz CT molecular complexity index is 692. The minimum Gasteiger partial charge on any atom is -0.361 e. The molecule has 1 aromatic heterocycles. The first-order valence-corrected chi connectivity index (χ1v) is 7.73. The summed E-state index contributed by atoms with van der Waals surface area (Å²) in [6, 6.07) is 8.02. The molecule has 1 aromatic carbocycles. The van der Waals surface area contributed by atoms with Crippen LogP contribution in [0.1, 0.15) is 18.9 Å². The molecule has 22 heavy (non-hydrogen) atoms. The highest BCUT2D eigenvalue weighted by atomic mass is 16.2. The molecular formula is C17H21N3O2. The van der Waals surface area contributed by atoms with E-state index >= 15 is 0 Å². The number of hydrogen-bond acceptors (Lipinski definition) is 2. The van der Waals surface area contributed by atoms with Gasteiger partial charge in [0.25, 0.3) is 0 Å². The Morgan fingerprint density at radius 2 is 1.82 bits per heavy atom. The molecular weight excluding hydrogens is 278 g/mol. The maximum atomic E-state index is 12.5. The van der Waals surface area contributed by atoms with Gasteiger partial charge in [0.1, 0.15) is 0 Å². The number of hydrogen-bond donors (Lipinski definition) is 1. The highest BCUT2D eigenvalue weighted by Crippen LogP contribution is 2.19. The lowest BCUT2D eigenvalue weighted by Crippen LogP contribution is -2.37. The number of benzene rings is 1. The van der Waals surface area contributed by atoms with Crippen LogP contribution in [0.4, 0.5) is 0 Å². The molecule has 5 heteroatoms. The molecule has 3 rings (SSSR count). The fourth-order valence-electron chi connectivity index (χ4n) is 3.03. The Morgan fingerprint density at radius 3 is 2.64 bits per heavy atom. The third-order valence-electron chi connectivity index (χ3n) is 4.31. The second kappa shape index (κ2) is 6.22. The summed E-state index contributed by atoms with van der Waals surface area (Å²) < 4.78 is 0. The first kappa shape index (κ1) is 14.6. The number of aromatic amines is 1. The molecule has 0 radical (unpaired) electrons. The second-order valence-electron chi connectivity index (χ2n) is 5.78. The van der Waals surface area contributed by atoms with Gasteiger partial charge in [-0.25, -0.2) is 0 Å². The number of carbonyl (C=O) groups excluding carboxylic acids is 2. The molecule has 0 aliphatic carbocycles. The SMILES string of the molecule is CC(=O)N1CCCN(C(=O)Cc2c[nH]c3ccccc23)CC1. The van der Waals surface area contributed by atoms with E-state index in [2.05, 4.69) is 4.98 Å². The van der Waals surface area contributed by atoms with Crippen molar-refractivity contribution in [2.75, 3.05) is 26.2 Å². The van der Waals surface area contributed by atoms with Crippen molar-refractivity contribution in [3.05, 3.63) is 36.0 Å². The second-order valence-corrected chi connectivity index (χ2v) is 5.78. The van der Waals surface area contributed by atoms with Crippen molar-refractivity contribution < 1.29 is 9.59 Å². The van der Waals surface area contributed by atoms with E-state index in [0.29, 0.717) is 19.5 Å². The van der Waals surface area contributed by atoms with Crippen LogP contribution in [0.5, 0.6) is 0 Å². The first-order chi connectivity index (χ1) is 10.6. The van der Waals surface area contributed by atoms with Crippen LogP contribution >= 0.6 is 0 Å². The molecule has 2 heterocycles. The summed E-state index contributed by atoms with van der Waals surface area (Å²) in [5.41, 5.74) is 2.09. The standard InChI is InChI=1S/C17H21N3O2/c1-13(21)19-7-4-8-20(10-9-19)17(22)11-14-12-18-16-6-3-2-5-15(14)16/h2-3,5-6,12,18H,4,7-11H2,1H3. The molecule has 1 aliphatic heterocycles. The zero-order valence-electron chi connectivity index (χ0n) is 12.8. The average molecular weight is 299 g/mol. The number of amides is 2. The summed E-state index contributed by atoms with van der Waals surface area (Å²) in [4.78, 5) is 30.9. The largest absolute Gasteiger partial charge is 0.361 e. The number of para-hydroxylation sites is 1. The van der Waals surface area contributed by atoms with E-state index in [1.54, 1.807) is 6.92 Å². The van der Waals surface area contributed by atoms with Gasteiger partial charge in [-0.2, -0.15) is 0 Å². The van der Waals surface area contributed by atoms with Gasteiger partial charge < -0.3 is 14.8 Å². The molecule has 1 aliphatic rings. The fourth-order valence-corrected chi connectivity index (χ4v) is 3.03. The van der Waals surface area contributed by atoms with Crippen LogP contribution in [0.2, 0.25) is 0 Å². The predicted molar refractivity (Wildman–Crippen MR) is 85.5 cm³/mol. The van der Waals surface area contributed by atoms with Gasteiger partial charge in [-0.05, 0) is 18.1 Å². The van der Waals surface area contributed by atoms with Crippen LogP contribution < -0.4 is 0 Å². The molecule has 5 nitrogen and oxygen atoms in total. The summed E-state index contributed by atoms with van der Waals surface area (Å²) in [6.45, 7) is 4.32. The smallest absolute Gasteiger partial charge is 0.227 e. The van der Waals surface area contributed by atoms with Crippen molar-refractivity contribution in [2.24, 2.45) is 0 Å². The first-order valence-electron chi connectivity index (χ1n) is 7.73. The molecule has 0 saturated carbocycles. The summed E-state index contributed by atoms with van der Waals surface area (Å²) >= 11 is 0. The van der Waals surface area contributed by atoms with Gasteiger partial charge in [-0.3, -0.25) is 9.59 Å². The molecule has 2 aromatic rings. The van der Waals surface area contributed by atoms with Gasteiger partial charge >= 0.3 is 0 Å². The van der Waals surface area contributed by atoms with E-state index in [1.165, 1.54) is 0 Å². The van der Waals surface area contributed by atoms with Crippen molar-refractivity contribution in [1.82, 2.24) is 14.8 Å². The molecule has 1 N–H and O–H groups in total. The number of fused-ring (bicyclic) bond motifs is 1. The van der Waals surface area contributed by atoms with E-state index in [4.69, 9.17) is 0 Å². The highest BCUT2D eigenvalue weighted by molar-refractivity contribution is 5.88. The molecule has 2 amide bonds. The van der Waals surface area contributed by atoms with Crippen LogP contribution in [0.15, 0.2) is 30.5 Å². The van der Waals surface area contributed by atoms with Crippen LogP contribution in [0.25, 0.3) is 10.9 Å². The zero-order valence-corrected chi connectivity index (χ0v) is 12.8. The highest BCUT2D eigenvalue weighted by Gasteiger charge is 2.21. The Labute approximate surface area is 129 Å². The van der Waals surface area contributed by atoms with Crippen molar-refractivity contribution in [2.45, 2.75) is 19.8 Å². The Balaban J connectivity index is 1.68. The Morgan fingerprint density at radius 1 is 1.09 bits per heavy atom. The van der Waals surface area contributed by atoms with Gasteiger partial charge in [-0.1, -0.05) is 18.2 Å². The van der Waals surface area contributed by atoms with Gasteiger partial charge in [0.2, 0.25) is 11.8 Å². The number of rotatable bonds is 2. The van der Waals surface area contributed by atoms with E-state index in [-0.39, 0.29) is 11.8 Å². The average Bonchev–Trinajstić information content (AvgIpc) is 2.75. The lowest BCUT2D eigenvalue weighted by atomic mass is 10.1. The van der Waals surface area contributed by atoms with Crippen molar-refractivity contribution in [3.63, 3.8) is 0 Å². The van der Waals surface area contributed by atoms with E-state index < -0.39 is 0 Å². The summed E-state index contributed by atoms with van der Waals surface area (Å²) in [5.74, 6) is 0.223. The number of nitrogens with zero attached hydrogens (tertiary/aromatic N) is 2. The topological polar surface area (TPSA) is 56.4 Å². The minimum atomic E-state index is 0.0888. The van der Waals surface area contributed by atoms with Crippen molar-refractivity contribution in [3.8, 4) is 0 Å². The van der Waals surface area contributed by atoms with Gasteiger partial charge in [0.15, 0.2) is 0 Å². The number of carbonyl (C=O) groups is 2. The molecule has 1 saturated heterocycles. The van der Waals surface area contributed by atoms with E-state index in [0.717, 1.165) is 36.0 Å². The number of nitrogens with one attached hydrogen (secondary N) is 1. The van der Waals surface area contributed by atoms with Gasteiger partial charge in [0.05, 0.1) is 6.42 Å². The van der Waals surface area contributed by atoms with Gasteiger partial charge in [0, 0.05) is 50.2 Å². The summed E-state index contributed by atoms with van der Waals surface area (Å²) in [6.07, 6.45) is 3.17. The Kier molecular flexibility index (Phi) is 4.13. The number of aromatic nitrogens is 1. The van der Waals surface area contributed by atoms with E-state index in [9.17, 15) is 9.59 Å². The molecule has 0 unspecified atom stereocenters. The maximum absolute atomic E-state index is 12.5. The molecule has 0 spiro atoms. The minimum absolute atomic E-state index is 0.0888. The normalized spacial score (nSPS) is 15.9. The predicted octanol–water partition coefficient (Wildman–Crippen LogP) is 1.79. The van der Waals surface area contributed by atoms with Crippen LogP contribution in [-0.2, 0) is 16.0 Å². The maximum Gasteiger partial charge on any atom is 0.227 e. The lowest BCUT2D eigenvalue weighted by molar-refractivity contribution is -0.132. The third-order valence-corrected chi connectivity index (χ3v) is 4.31. The number of H-pyrrole nitrogens is 1. The van der Waals surface area contributed by atoms with Crippen LogP contribution in [0.3, 0.4) is 0 Å². The van der Waals surface area contributed by atoms with Crippen molar-refractivity contribution in [1.29, 1.82) is 0 Å².